The molecule has 0 atom stereocenters. The Morgan fingerprint density at radius 3 is 2.41 bits per heavy atom. The Kier molecular flexibility index (Phi) is 7.20. The Morgan fingerprint density at radius 1 is 1.27 bits per heavy atom. The first-order valence-corrected chi connectivity index (χ1v) is 8.89. The number of halogens is 4. The topological polar surface area (TPSA) is 49.4 Å². The molecular weight excluding hydrogens is 402 g/mol. The highest BCUT2D eigenvalue weighted by Gasteiger charge is 2.31. The number of nitrogens with one attached hydrogen (secondary N) is 1. The van der Waals surface area contributed by atoms with Gasteiger partial charge in [-0.3, -0.25) is 0 Å². The van der Waals surface area contributed by atoms with Crippen molar-refractivity contribution in [3.8, 4) is 0 Å². The zero-order chi connectivity index (χ0) is 15.6. The average Bonchev–Trinajstić information content (AvgIpc) is 2.43. The summed E-state index contributed by atoms with van der Waals surface area (Å²) in [5.41, 5.74) is 0. The Hall–Kier alpha value is -0.280. The van der Waals surface area contributed by atoms with Crippen LogP contribution >= 0.6 is 28.3 Å². The second kappa shape index (κ2) is 8.01. The van der Waals surface area contributed by atoms with Crippen LogP contribution in [0.25, 0.3) is 0 Å². The lowest BCUT2D eigenvalue weighted by atomic mass is 9.98. The van der Waals surface area contributed by atoms with Gasteiger partial charge in [0.15, 0.2) is 0 Å². The second-order valence-corrected chi connectivity index (χ2v) is 7.86. The summed E-state index contributed by atoms with van der Waals surface area (Å²) in [7, 11) is -2.14. The lowest BCUT2D eigenvalue weighted by molar-refractivity contribution is 0.270. The molecule has 0 aromatic heterocycles. The lowest BCUT2D eigenvalue weighted by Gasteiger charge is -2.31. The molecule has 1 fully saturated rings. The van der Waals surface area contributed by atoms with E-state index in [0.717, 1.165) is 18.7 Å². The van der Waals surface area contributed by atoms with Gasteiger partial charge in [0.2, 0.25) is 10.0 Å². The van der Waals surface area contributed by atoms with Crippen LogP contribution in [0, 0.1) is 17.6 Å². The fraction of sp³-hybridized carbons (Fsp3) is 0.538. The van der Waals surface area contributed by atoms with Crippen molar-refractivity contribution in [3.63, 3.8) is 0 Å². The van der Waals surface area contributed by atoms with E-state index in [-0.39, 0.29) is 16.9 Å². The largest absolute Gasteiger partial charge is 0.319 e. The maximum Gasteiger partial charge on any atom is 0.246 e. The van der Waals surface area contributed by atoms with Crippen molar-refractivity contribution >= 4 is 38.4 Å². The summed E-state index contributed by atoms with van der Waals surface area (Å²) in [4.78, 5) is -0.602. The van der Waals surface area contributed by atoms with Crippen LogP contribution in [0.2, 0.25) is 0 Å². The van der Waals surface area contributed by atoms with Crippen molar-refractivity contribution in [2.24, 2.45) is 5.92 Å². The summed E-state index contributed by atoms with van der Waals surface area (Å²) < 4.78 is 53.4. The smallest absolute Gasteiger partial charge is 0.246 e. The average molecular weight is 420 g/mol. The van der Waals surface area contributed by atoms with E-state index in [1.165, 1.54) is 4.31 Å². The SMILES string of the molecule is CNCC1CCN(S(=O)(=O)c2cc(F)c(Br)cc2F)CC1.Cl. The van der Waals surface area contributed by atoms with Crippen molar-refractivity contribution < 1.29 is 17.2 Å². The third-order valence-corrected chi connectivity index (χ3v) is 6.18. The van der Waals surface area contributed by atoms with Gasteiger partial charge in [-0.1, -0.05) is 0 Å². The van der Waals surface area contributed by atoms with E-state index in [0.29, 0.717) is 31.8 Å². The Morgan fingerprint density at radius 2 is 1.86 bits per heavy atom. The molecule has 2 rings (SSSR count). The molecule has 126 valence electrons. The molecule has 1 aliphatic rings. The fourth-order valence-corrected chi connectivity index (χ4v) is 4.33. The van der Waals surface area contributed by atoms with Crippen LogP contribution < -0.4 is 5.32 Å². The third kappa shape index (κ3) is 4.17. The summed E-state index contributed by atoms with van der Waals surface area (Å²) in [5.74, 6) is -1.33. The molecule has 4 nitrogen and oxygen atoms in total. The quantitative estimate of drug-likeness (QED) is 0.764. The van der Waals surface area contributed by atoms with E-state index in [9.17, 15) is 17.2 Å². The van der Waals surface area contributed by atoms with E-state index >= 15 is 0 Å². The molecule has 9 heteroatoms. The van der Waals surface area contributed by atoms with Gasteiger partial charge in [-0.15, -0.1) is 12.4 Å². The minimum absolute atomic E-state index is 0. The van der Waals surface area contributed by atoms with E-state index in [1.54, 1.807) is 0 Å². The summed E-state index contributed by atoms with van der Waals surface area (Å²) in [6, 6.07) is 1.57. The van der Waals surface area contributed by atoms with Gasteiger partial charge in [0, 0.05) is 13.1 Å². The van der Waals surface area contributed by atoms with Gasteiger partial charge in [0.1, 0.15) is 16.5 Å². The molecule has 0 unspecified atom stereocenters. The number of hydrogen-bond acceptors (Lipinski definition) is 3. The van der Waals surface area contributed by atoms with Crippen molar-refractivity contribution in [1.82, 2.24) is 9.62 Å². The molecule has 1 aliphatic heterocycles. The summed E-state index contributed by atoms with van der Waals surface area (Å²) in [6.07, 6.45) is 1.42. The van der Waals surface area contributed by atoms with Crippen molar-refractivity contribution in [2.75, 3.05) is 26.7 Å². The monoisotopic (exact) mass is 418 g/mol. The van der Waals surface area contributed by atoms with Crippen molar-refractivity contribution in [1.29, 1.82) is 0 Å². The van der Waals surface area contributed by atoms with Crippen LogP contribution in [-0.4, -0.2) is 39.4 Å². The summed E-state index contributed by atoms with van der Waals surface area (Å²) in [5, 5.41) is 3.06. The van der Waals surface area contributed by atoms with Crippen LogP contribution in [0.3, 0.4) is 0 Å². The number of piperidine rings is 1. The first kappa shape index (κ1) is 19.8. The highest BCUT2D eigenvalue weighted by atomic mass is 79.9. The number of nitrogens with zero attached hydrogens (tertiary/aromatic N) is 1. The van der Waals surface area contributed by atoms with Gasteiger partial charge in [-0.05, 0) is 60.4 Å². The number of benzene rings is 1. The number of rotatable bonds is 4. The molecular formula is C13H18BrClF2N2O2S. The molecule has 1 saturated heterocycles. The number of hydrogen-bond donors (Lipinski definition) is 1. The Balaban J connectivity index is 0.00000242. The van der Waals surface area contributed by atoms with Gasteiger partial charge in [-0.25, -0.2) is 17.2 Å². The van der Waals surface area contributed by atoms with Gasteiger partial charge in [0.25, 0.3) is 0 Å². The molecule has 1 aromatic carbocycles. The zero-order valence-corrected chi connectivity index (χ0v) is 15.2. The van der Waals surface area contributed by atoms with Gasteiger partial charge in [0.05, 0.1) is 4.47 Å². The maximum absolute atomic E-state index is 13.9. The predicted molar refractivity (Wildman–Crippen MR) is 86.7 cm³/mol. The van der Waals surface area contributed by atoms with E-state index < -0.39 is 26.6 Å². The Bertz CT molecular complexity index is 623. The first-order chi connectivity index (χ1) is 9.86. The molecule has 1 N–H and O–H groups in total. The van der Waals surface area contributed by atoms with Crippen LogP contribution in [0.4, 0.5) is 8.78 Å². The van der Waals surface area contributed by atoms with Crippen LogP contribution in [0.15, 0.2) is 21.5 Å². The molecule has 0 bridgehead atoms. The van der Waals surface area contributed by atoms with Crippen LogP contribution in [0.5, 0.6) is 0 Å². The van der Waals surface area contributed by atoms with Crippen LogP contribution in [-0.2, 0) is 10.0 Å². The first-order valence-electron chi connectivity index (χ1n) is 6.65. The predicted octanol–water partition coefficient (Wildman–Crippen LogP) is 2.77. The molecule has 1 aromatic rings. The second-order valence-electron chi connectivity index (χ2n) is 5.10. The lowest BCUT2D eigenvalue weighted by Crippen LogP contribution is -2.40. The molecule has 0 spiro atoms. The highest BCUT2D eigenvalue weighted by molar-refractivity contribution is 9.10. The van der Waals surface area contributed by atoms with Crippen molar-refractivity contribution in [3.05, 3.63) is 28.2 Å². The standard InChI is InChI=1S/C13H17BrF2N2O2S.ClH/c1-17-8-9-2-4-18(5-3-9)21(19,20)13-7-11(15)10(14)6-12(13)16;/h6-7,9,17H,2-5,8H2,1H3;1H. The molecule has 0 aliphatic carbocycles. The van der Waals surface area contributed by atoms with Crippen molar-refractivity contribution in [2.45, 2.75) is 17.7 Å². The van der Waals surface area contributed by atoms with Crippen LogP contribution in [0.1, 0.15) is 12.8 Å². The fourth-order valence-electron chi connectivity index (χ4n) is 2.48. The van der Waals surface area contributed by atoms with Gasteiger partial charge >= 0.3 is 0 Å². The van der Waals surface area contributed by atoms with E-state index in [1.807, 2.05) is 7.05 Å². The summed E-state index contributed by atoms with van der Waals surface area (Å²) >= 11 is 2.84. The van der Waals surface area contributed by atoms with E-state index in [2.05, 4.69) is 21.2 Å². The van der Waals surface area contributed by atoms with Gasteiger partial charge in [-0.2, -0.15) is 4.31 Å². The van der Waals surface area contributed by atoms with E-state index in [4.69, 9.17) is 0 Å². The Labute approximate surface area is 143 Å². The zero-order valence-electron chi connectivity index (χ0n) is 12.0. The maximum atomic E-state index is 13.9. The molecule has 0 amide bonds. The number of sulfonamides is 1. The molecule has 0 saturated carbocycles. The summed E-state index contributed by atoms with van der Waals surface area (Å²) in [6.45, 7) is 1.48. The minimum atomic E-state index is -3.99. The minimum Gasteiger partial charge on any atom is -0.319 e. The normalized spacial score (nSPS) is 17.3. The third-order valence-electron chi connectivity index (χ3n) is 3.66. The molecule has 1 heterocycles. The highest BCUT2D eigenvalue weighted by Crippen LogP contribution is 2.28. The van der Waals surface area contributed by atoms with Gasteiger partial charge < -0.3 is 5.32 Å². The molecule has 0 radical (unpaired) electrons. The molecule has 22 heavy (non-hydrogen) atoms.